The molecule has 4 nitrogen and oxygen atoms in total. The molecule has 2 saturated heterocycles. The first-order chi connectivity index (χ1) is 9.25. The minimum atomic E-state index is -0.232. The third-order valence-electron chi connectivity index (χ3n) is 4.35. The van der Waals surface area contributed by atoms with Gasteiger partial charge in [0.15, 0.2) is 0 Å². The molecular formula is C15H22N2O2. The molecule has 1 aromatic rings. The average Bonchev–Trinajstić information content (AvgIpc) is 2.88. The lowest BCUT2D eigenvalue weighted by Gasteiger charge is -2.37. The fourth-order valence-corrected chi connectivity index (χ4v) is 3.32. The summed E-state index contributed by atoms with van der Waals surface area (Å²) in [5.41, 5.74) is 1.23. The molecule has 3 heterocycles. The van der Waals surface area contributed by atoms with Gasteiger partial charge in [0.25, 0.3) is 0 Å². The minimum Gasteiger partial charge on any atom is -0.393 e. The number of aliphatic hydroxyl groups excluding tert-OH is 1. The van der Waals surface area contributed by atoms with Gasteiger partial charge in [0.1, 0.15) is 5.82 Å². The van der Waals surface area contributed by atoms with Gasteiger partial charge in [-0.05, 0) is 43.9 Å². The summed E-state index contributed by atoms with van der Waals surface area (Å²) in [7, 11) is 0. The maximum atomic E-state index is 10.2. The largest absolute Gasteiger partial charge is 0.393 e. The predicted molar refractivity (Wildman–Crippen MR) is 74.3 cm³/mol. The summed E-state index contributed by atoms with van der Waals surface area (Å²) in [5, 5.41) is 10.2. The summed E-state index contributed by atoms with van der Waals surface area (Å²) >= 11 is 0. The molecular weight excluding hydrogens is 240 g/mol. The van der Waals surface area contributed by atoms with E-state index in [9.17, 15) is 5.11 Å². The van der Waals surface area contributed by atoms with Crippen LogP contribution in [0.15, 0.2) is 18.3 Å². The van der Waals surface area contributed by atoms with Crippen LogP contribution < -0.4 is 4.90 Å². The number of pyridine rings is 1. The monoisotopic (exact) mass is 262 g/mol. The molecule has 0 aromatic carbocycles. The highest BCUT2D eigenvalue weighted by atomic mass is 16.5. The molecule has 0 amide bonds. The first-order valence-corrected chi connectivity index (χ1v) is 7.21. The molecule has 2 aliphatic rings. The Morgan fingerprint density at radius 2 is 2.32 bits per heavy atom. The van der Waals surface area contributed by atoms with Gasteiger partial charge in [-0.1, -0.05) is 0 Å². The van der Waals surface area contributed by atoms with Crippen LogP contribution in [-0.4, -0.2) is 42.0 Å². The van der Waals surface area contributed by atoms with Crippen LogP contribution in [0.5, 0.6) is 0 Å². The molecule has 0 aliphatic carbocycles. The normalized spacial score (nSPS) is 31.7. The lowest BCUT2D eigenvalue weighted by atomic mass is 9.89. The topological polar surface area (TPSA) is 45.6 Å². The van der Waals surface area contributed by atoms with Gasteiger partial charge >= 0.3 is 0 Å². The van der Waals surface area contributed by atoms with Gasteiger partial charge in [0.2, 0.25) is 0 Å². The van der Waals surface area contributed by atoms with Gasteiger partial charge < -0.3 is 14.7 Å². The molecule has 3 atom stereocenters. The maximum Gasteiger partial charge on any atom is 0.128 e. The highest BCUT2D eigenvalue weighted by Gasteiger charge is 2.38. The number of aliphatic hydroxyl groups is 1. The first-order valence-electron chi connectivity index (χ1n) is 7.21. The summed E-state index contributed by atoms with van der Waals surface area (Å²) in [6, 6.07) is 4.52. The Morgan fingerprint density at radius 3 is 3.11 bits per heavy atom. The Morgan fingerprint density at radius 1 is 1.42 bits per heavy atom. The van der Waals surface area contributed by atoms with Crippen molar-refractivity contribution in [3.8, 4) is 0 Å². The van der Waals surface area contributed by atoms with Crippen LogP contribution in [0.25, 0.3) is 0 Å². The van der Waals surface area contributed by atoms with E-state index in [0.29, 0.717) is 19.3 Å². The van der Waals surface area contributed by atoms with Gasteiger partial charge in [0.05, 0.1) is 12.7 Å². The summed E-state index contributed by atoms with van der Waals surface area (Å²) < 4.78 is 5.57. The molecule has 104 valence electrons. The molecule has 0 bridgehead atoms. The van der Waals surface area contributed by atoms with E-state index in [4.69, 9.17) is 4.74 Å². The second-order valence-electron chi connectivity index (χ2n) is 5.69. The number of hydrogen-bond donors (Lipinski definition) is 1. The quantitative estimate of drug-likeness (QED) is 0.882. The van der Waals surface area contributed by atoms with Gasteiger partial charge in [0, 0.05) is 31.3 Å². The van der Waals surface area contributed by atoms with Crippen molar-refractivity contribution in [2.24, 2.45) is 5.92 Å². The lowest BCUT2D eigenvalue weighted by Crippen LogP contribution is -2.46. The Kier molecular flexibility index (Phi) is 3.71. The van der Waals surface area contributed by atoms with Crippen molar-refractivity contribution in [2.75, 3.05) is 24.7 Å². The van der Waals surface area contributed by atoms with Crippen molar-refractivity contribution >= 4 is 5.82 Å². The van der Waals surface area contributed by atoms with Crippen LogP contribution in [0.3, 0.4) is 0 Å². The molecule has 0 radical (unpaired) electrons. The van der Waals surface area contributed by atoms with Crippen LogP contribution in [-0.2, 0) is 4.74 Å². The number of ether oxygens (including phenoxy) is 1. The van der Waals surface area contributed by atoms with Crippen LogP contribution in [0.4, 0.5) is 5.82 Å². The highest BCUT2D eigenvalue weighted by molar-refractivity contribution is 5.43. The molecule has 2 aliphatic heterocycles. The maximum absolute atomic E-state index is 10.2. The summed E-state index contributed by atoms with van der Waals surface area (Å²) in [6.07, 6.45) is 4.69. The van der Waals surface area contributed by atoms with Gasteiger partial charge in [-0.25, -0.2) is 4.98 Å². The first kappa shape index (κ1) is 12.9. The summed E-state index contributed by atoms with van der Waals surface area (Å²) in [5.74, 6) is 1.26. The highest BCUT2D eigenvalue weighted by Crippen LogP contribution is 2.32. The minimum absolute atomic E-state index is 0.221. The predicted octanol–water partition coefficient (Wildman–Crippen LogP) is 1.76. The second-order valence-corrected chi connectivity index (χ2v) is 5.69. The number of aromatic nitrogens is 1. The second kappa shape index (κ2) is 5.47. The molecule has 1 N–H and O–H groups in total. The van der Waals surface area contributed by atoms with E-state index in [-0.39, 0.29) is 12.0 Å². The molecule has 0 spiro atoms. The van der Waals surface area contributed by atoms with Crippen molar-refractivity contribution in [3.05, 3.63) is 23.9 Å². The Bertz CT molecular complexity index is 438. The number of hydrogen-bond acceptors (Lipinski definition) is 4. The van der Waals surface area contributed by atoms with E-state index >= 15 is 0 Å². The molecule has 0 saturated carbocycles. The van der Waals surface area contributed by atoms with E-state index in [1.807, 2.05) is 12.3 Å². The van der Waals surface area contributed by atoms with Crippen LogP contribution in [0.2, 0.25) is 0 Å². The summed E-state index contributed by atoms with van der Waals surface area (Å²) in [4.78, 5) is 6.85. The van der Waals surface area contributed by atoms with Gasteiger partial charge in [-0.2, -0.15) is 0 Å². The molecule has 19 heavy (non-hydrogen) atoms. The van der Waals surface area contributed by atoms with Gasteiger partial charge in [-0.3, -0.25) is 0 Å². The van der Waals surface area contributed by atoms with E-state index < -0.39 is 0 Å². The Hall–Kier alpha value is -1.13. The molecule has 4 heteroatoms. The fraction of sp³-hybridized carbons (Fsp3) is 0.667. The van der Waals surface area contributed by atoms with E-state index in [0.717, 1.165) is 25.2 Å². The SMILES string of the molecule is Cc1ccnc(N2CCC[C@@H]2[C@@H]2COCC[C@H]2O)c1. The average molecular weight is 262 g/mol. The van der Waals surface area contributed by atoms with Crippen molar-refractivity contribution in [1.82, 2.24) is 4.98 Å². The van der Waals surface area contributed by atoms with E-state index in [1.54, 1.807) is 0 Å². The van der Waals surface area contributed by atoms with Crippen LogP contribution in [0.1, 0.15) is 24.8 Å². The lowest BCUT2D eigenvalue weighted by molar-refractivity contribution is -0.0438. The molecule has 1 aromatic heterocycles. The van der Waals surface area contributed by atoms with Crippen molar-refractivity contribution in [2.45, 2.75) is 38.3 Å². The number of rotatable bonds is 2. The van der Waals surface area contributed by atoms with Crippen molar-refractivity contribution in [1.29, 1.82) is 0 Å². The third kappa shape index (κ3) is 2.60. The van der Waals surface area contributed by atoms with Crippen molar-refractivity contribution in [3.63, 3.8) is 0 Å². The zero-order valence-corrected chi connectivity index (χ0v) is 11.5. The van der Waals surface area contributed by atoms with E-state index in [1.165, 1.54) is 12.0 Å². The van der Waals surface area contributed by atoms with Crippen LogP contribution in [0, 0.1) is 12.8 Å². The summed E-state index contributed by atoms with van der Waals surface area (Å²) in [6.45, 7) is 4.49. The molecule has 2 fully saturated rings. The Balaban J connectivity index is 1.81. The third-order valence-corrected chi connectivity index (χ3v) is 4.35. The Labute approximate surface area is 114 Å². The zero-order chi connectivity index (χ0) is 13.2. The zero-order valence-electron chi connectivity index (χ0n) is 11.5. The molecule has 0 unspecified atom stereocenters. The smallest absolute Gasteiger partial charge is 0.128 e. The van der Waals surface area contributed by atoms with Gasteiger partial charge in [-0.15, -0.1) is 0 Å². The van der Waals surface area contributed by atoms with Crippen LogP contribution >= 0.6 is 0 Å². The number of anilines is 1. The number of aryl methyl sites for hydroxylation is 1. The molecule has 3 rings (SSSR count). The van der Waals surface area contributed by atoms with E-state index in [2.05, 4.69) is 22.9 Å². The standard InChI is InChI=1S/C15H22N2O2/c1-11-4-6-16-15(9-11)17-7-2-3-13(17)12-10-19-8-5-14(12)18/h4,6,9,12-14,18H,2-3,5,7-8,10H2,1H3/t12-,13+,14+/m0/s1. The number of nitrogens with zero attached hydrogens (tertiary/aromatic N) is 2. The fourth-order valence-electron chi connectivity index (χ4n) is 3.32. The van der Waals surface area contributed by atoms with Crippen molar-refractivity contribution < 1.29 is 9.84 Å².